The number of nitrogen functional groups attached to an aromatic ring is 1. The van der Waals surface area contributed by atoms with Gasteiger partial charge in [-0.15, -0.1) is 0 Å². The Morgan fingerprint density at radius 2 is 1.94 bits per heavy atom. The summed E-state index contributed by atoms with van der Waals surface area (Å²) in [5.41, 5.74) is 7.84. The lowest BCUT2D eigenvalue weighted by molar-refractivity contribution is 0.631. The van der Waals surface area contributed by atoms with Crippen LogP contribution < -0.4 is 10.6 Å². The summed E-state index contributed by atoms with van der Waals surface area (Å²) in [7, 11) is 0. The fourth-order valence-corrected chi connectivity index (χ4v) is 1.88. The molecule has 2 rings (SSSR count). The summed E-state index contributed by atoms with van der Waals surface area (Å²) < 4.78 is 13.5. The summed E-state index contributed by atoms with van der Waals surface area (Å²) in [6.07, 6.45) is 3.50. The van der Waals surface area contributed by atoms with Gasteiger partial charge in [0, 0.05) is 25.5 Å². The van der Waals surface area contributed by atoms with E-state index in [2.05, 4.69) is 4.98 Å². The molecule has 4 heteroatoms. The standard InChI is InChI=1S/C14H16FN3/c1-2-18(10-11-6-8-17-9-7-11)13-5-3-4-12(15)14(13)16/h3-9H,2,10,16H2,1H3. The second kappa shape index (κ2) is 5.49. The van der Waals surface area contributed by atoms with Crippen LogP contribution in [-0.4, -0.2) is 11.5 Å². The lowest BCUT2D eigenvalue weighted by Crippen LogP contribution is -2.23. The number of anilines is 2. The number of aromatic nitrogens is 1. The molecule has 0 fully saturated rings. The minimum absolute atomic E-state index is 0.202. The van der Waals surface area contributed by atoms with E-state index in [0.717, 1.165) is 17.8 Å². The average Bonchev–Trinajstić information content (AvgIpc) is 2.41. The van der Waals surface area contributed by atoms with E-state index in [9.17, 15) is 4.39 Å². The van der Waals surface area contributed by atoms with Crippen LogP contribution in [0.5, 0.6) is 0 Å². The van der Waals surface area contributed by atoms with E-state index in [-0.39, 0.29) is 11.5 Å². The van der Waals surface area contributed by atoms with Gasteiger partial charge in [0.05, 0.1) is 11.4 Å². The third-order valence-corrected chi connectivity index (χ3v) is 2.88. The average molecular weight is 245 g/mol. The van der Waals surface area contributed by atoms with Crippen LogP contribution in [0, 0.1) is 5.82 Å². The van der Waals surface area contributed by atoms with Gasteiger partial charge in [-0.1, -0.05) is 6.07 Å². The monoisotopic (exact) mass is 245 g/mol. The smallest absolute Gasteiger partial charge is 0.148 e. The fraction of sp³-hybridized carbons (Fsp3) is 0.214. The van der Waals surface area contributed by atoms with Crippen LogP contribution in [-0.2, 0) is 6.54 Å². The van der Waals surface area contributed by atoms with Crippen LogP contribution in [0.1, 0.15) is 12.5 Å². The number of benzene rings is 1. The summed E-state index contributed by atoms with van der Waals surface area (Å²) in [5, 5.41) is 0. The Bertz CT molecular complexity index is 514. The Morgan fingerprint density at radius 3 is 2.61 bits per heavy atom. The van der Waals surface area contributed by atoms with Crippen LogP contribution >= 0.6 is 0 Å². The number of hydrogen-bond acceptors (Lipinski definition) is 3. The molecule has 18 heavy (non-hydrogen) atoms. The van der Waals surface area contributed by atoms with Gasteiger partial charge >= 0.3 is 0 Å². The normalized spacial score (nSPS) is 10.3. The Kier molecular flexibility index (Phi) is 3.77. The van der Waals surface area contributed by atoms with E-state index in [4.69, 9.17) is 5.73 Å². The molecular weight excluding hydrogens is 229 g/mol. The zero-order valence-corrected chi connectivity index (χ0v) is 10.3. The predicted octanol–water partition coefficient (Wildman–Crippen LogP) is 2.83. The number of para-hydroxylation sites is 1. The van der Waals surface area contributed by atoms with Crippen LogP contribution in [0.4, 0.5) is 15.8 Å². The molecular formula is C14H16FN3. The molecule has 0 radical (unpaired) electrons. The van der Waals surface area contributed by atoms with E-state index in [1.807, 2.05) is 30.0 Å². The van der Waals surface area contributed by atoms with Crippen LogP contribution in [0.3, 0.4) is 0 Å². The first-order chi connectivity index (χ1) is 8.72. The molecule has 0 aliphatic heterocycles. The SMILES string of the molecule is CCN(Cc1ccncc1)c1cccc(F)c1N. The van der Waals surface area contributed by atoms with Crippen molar-refractivity contribution in [1.82, 2.24) is 4.98 Å². The zero-order chi connectivity index (χ0) is 13.0. The highest BCUT2D eigenvalue weighted by Crippen LogP contribution is 2.26. The minimum Gasteiger partial charge on any atom is -0.395 e. The predicted molar refractivity (Wildman–Crippen MR) is 71.8 cm³/mol. The Balaban J connectivity index is 2.26. The summed E-state index contributed by atoms with van der Waals surface area (Å²) >= 11 is 0. The molecule has 2 N–H and O–H groups in total. The maximum atomic E-state index is 13.5. The molecule has 0 saturated heterocycles. The topological polar surface area (TPSA) is 42.2 Å². The number of pyridine rings is 1. The Labute approximate surface area is 106 Å². The Hall–Kier alpha value is -2.10. The molecule has 0 aliphatic carbocycles. The van der Waals surface area contributed by atoms with Crippen molar-refractivity contribution >= 4 is 11.4 Å². The van der Waals surface area contributed by atoms with E-state index in [0.29, 0.717) is 6.54 Å². The molecule has 1 heterocycles. The lowest BCUT2D eigenvalue weighted by atomic mass is 10.2. The molecule has 1 aromatic heterocycles. The highest BCUT2D eigenvalue weighted by molar-refractivity contribution is 5.68. The van der Waals surface area contributed by atoms with Crippen molar-refractivity contribution in [3.05, 3.63) is 54.1 Å². The molecule has 3 nitrogen and oxygen atoms in total. The van der Waals surface area contributed by atoms with Gasteiger partial charge in [-0.25, -0.2) is 4.39 Å². The van der Waals surface area contributed by atoms with Gasteiger partial charge in [-0.3, -0.25) is 4.98 Å². The van der Waals surface area contributed by atoms with Gasteiger partial charge in [0.15, 0.2) is 0 Å². The van der Waals surface area contributed by atoms with Crippen molar-refractivity contribution in [2.24, 2.45) is 0 Å². The van der Waals surface area contributed by atoms with Crippen LogP contribution in [0.15, 0.2) is 42.7 Å². The number of halogens is 1. The molecule has 94 valence electrons. The van der Waals surface area contributed by atoms with Gasteiger partial charge in [-0.05, 0) is 36.8 Å². The lowest BCUT2D eigenvalue weighted by Gasteiger charge is -2.24. The number of rotatable bonds is 4. The molecule has 0 saturated carbocycles. The summed E-state index contributed by atoms with van der Waals surface area (Å²) in [6.45, 7) is 3.47. The van der Waals surface area contributed by atoms with Crippen molar-refractivity contribution in [3.63, 3.8) is 0 Å². The first kappa shape index (κ1) is 12.4. The van der Waals surface area contributed by atoms with Crippen molar-refractivity contribution in [1.29, 1.82) is 0 Å². The van der Waals surface area contributed by atoms with E-state index >= 15 is 0 Å². The number of nitrogens with two attached hydrogens (primary N) is 1. The number of hydrogen-bond donors (Lipinski definition) is 1. The molecule has 2 aromatic rings. The maximum absolute atomic E-state index is 13.5. The molecule has 0 spiro atoms. The second-order valence-electron chi connectivity index (χ2n) is 4.04. The van der Waals surface area contributed by atoms with Gasteiger partial charge in [0.2, 0.25) is 0 Å². The van der Waals surface area contributed by atoms with E-state index < -0.39 is 0 Å². The quantitative estimate of drug-likeness (QED) is 0.842. The zero-order valence-electron chi connectivity index (χ0n) is 10.3. The fourth-order valence-electron chi connectivity index (χ4n) is 1.88. The third-order valence-electron chi connectivity index (χ3n) is 2.88. The van der Waals surface area contributed by atoms with E-state index in [1.54, 1.807) is 18.5 Å². The minimum atomic E-state index is -0.374. The van der Waals surface area contributed by atoms with Crippen molar-refractivity contribution in [3.8, 4) is 0 Å². The largest absolute Gasteiger partial charge is 0.395 e. The van der Waals surface area contributed by atoms with Crippen LogP contribution in [0.25, 0.3) is 0 Å². The second-order valence-corrected chi connectivity index (χ2v) is 4.04. The van der Waals surface area contributed by atoms with Crippen molar-refractivity contribution < 1.29 is 4.39 Å². The summed E-state index contributed by atoms with van der Waals surface area (Å²) in [5.74, 6) is -0.374. The van der Waals surface area contributed by atoms with Gasteiger partial charge in [0.1, 0.15) is 5.82 Å². The van der Waals surface area contributed by atoms with Crippen molar-refractivity contribution in [2.45, 2.75) is 13.5 Å². The van der Waals surface area contributed by atoms with Crippen LogP contribution in [0.2, 0.25) is 0 Å². The van der Waals surface area contributed by atoms with Gasteiger partial charge < -0.3 is 10.6 Å². The highest BCUT2D eigenvalue weighted by Gasteiger charge is 2.11. The first-order valence-electron chi connectivity index (χ1n) is 5.90. The number of nitrogens with zero attached hydrogens (tertiary/aromatic N) is 2. The van der Waals surface area contributed by atoms with Gasteiger partial charge in [0.25, 0.3) is 0 Å². The Morgan fingerprint density at radius 1 is 1.22 bits per heavy atom. The molecule has 0 bridgehead atoms. The molecule has 0 amide bonds. The third kappa shape index (κ3) is 2.59. The van der Waals surface area contributed by atoms with Gasteiger partial charge in [-0.2, -0.15) is 0 Å². The first-order valence-corrected chi connectivity index (χ1v) is 5.90. The molecule has 0 aliphatic rings. The summed E-state index contributed by atoms with van der Waals surface area (Å²) in [4.78, 5) is 6.02. The van der Waals surface area contributed by atoms with E-state index in [1.165, 1.54) is 6.07 Å². The summed E-state index contributed by atoms with van der Waals surface area (Å²) in [6, 6.07) is 8.77. The maximum Gasteiger partial charge on any atom is 0.148 e. The molecule has 0 atom stereocenters. The highest BCUT2D eigenvalue weighted by atomic mass is 19.1. The molecule has 1 aromatic carbocycles. The van der Waals surface area contributed by atoms with Crippen molar-refractivity contribution in [2.75, 3.05) is 17.2 Å². The molecule has 0 unspecified atom stereocenters.